The molecule has 33 heavy (non-hydrogen) atoms. The zero-order valence-corrected chi connectivity index (χ0v) is 19.0. The van der Waals surface area contributed by atoms with Crippen LogP contribution in [0, 0.1) is 0 Å². The highest BCUT2D eigenvalue weighted by Crippen LogP contribution is 2.36. The molecule has 0 spiro atoms. The van der Waals surface area contributed by atoms with Crippen LogP contribution < -0.4 is 0 Å². The van der Waals surface area contributed by atoms with Gasteiger partial charge in [0.2, 0.25) is 0 Å². The standard InChI is InChI=1S/C22H22F3N3O4S/c1-21(2,3)32-20(31)28-11-17-14(8-16(28)18(29)30)13-6-4-5-7-15(13)27(17)10-12-9-26-19(33-12)22(23,24)25/h4-7,9,16H,8,10-11H2,1-3H3,(H,29,30)/t16-/m0/s1. The quantitative estimate of drug-likeness (QED) is 0.575. The third-order valence-electron chi connectivity index (χ3n) is 5.31. The number of thiazole rings is 1. The molecule has 1 aliphatic heterocycles. The Labute approximate surface area is 191 Å². The van der Waals surface area contributed by atoms with Crippen molar-refractivity contribution < 1.29 is 32.6 Å². The summed E-state index contributed by atoms with van der Waals surface area (Å²) < 4.78 is 46.3. The number of carbonyl (C=O) groups excluding carboxylic acids is 1. The molecule has 1 atom stereocenters. The normalized spacial score (nSPS) is 16.7. The second kappa shape index (κ2) is 8.05. The lowest BCUT2D eigenvalue weighted by Crippen LogP contribution is -2.50. The van der Waals surface area contributed by atoms with Crippen molar-refractivity contribution in [1.29, 1.82) is 0 Å². The van der Waals surface area contributed by atoms with Gasteiger partial charge in [-0.2, -0.15) is 13.2 Å². The third kappa shape index (κ3) is 4.54. The van der Waals surface area contributed by atoms with Gasteiger partial charge in [0, 0.05) is 34.1 Å². The van der Waals surface area contributed by atoms with Gasteiger partial charge in [0.15, 0.2) is 5.01 Å². The molecule has 0 fully saturated rings. The van der Waals surface area contributed by atoms with Gasteiger partial charge in [0.25, 0.3) is 0 Å². The first-order valence-corrected chi connectivity index (χ1v) is 11.0. The van der Waals surface area contributed by atoms with Crippen molar-refractivity contribution in [3.05, 3.63) is 51.6 Å². The van der Waals surface area contributed by atoms with Crippen LogP contribution in [0.1, 0.15) is 41.9 Å². The molecule has 4 rings (SSSR count). The van der Waals surface area contributed by atoms with Crippen LogP contribution in [-0.2, 0) is 35.2 Å². The van der Waals surface area contributed by atoms with Gasteiger partial charge in [-0.05, 0) is 32.4 Å². The number of rotatable bonds is 3. The summed E-state index contributed by atoms with van der Waals surface area (Å²) in [5.74, 6) is -1.15. The van der Waals surface area contributed by atoms with Gasteiger partial charge in [-0.1, -0.05) is 18.2 Å². The Morgan fingerprint density at radius 2 is 1.94 bits per heavy atom. The Bertz CT molecular complexity index is 1230. The number of alkyl halides is 3. The molecule has 1 amide bonds. The predicted octanol–water partition coefficient (Wildman–Crippen LogP) is 4.91. The van der Waals surface area contributed by atoms with Crippen molar-refractivity contribution in [2.45, 2.75) is 58.1 Å². The minimum absolute atomic E-state index is 0.0408. The highest BCUT2D eigenvalue weighted by atomic mass is 32.1. The number of aromatic nitrogens is 2. The number of para-hydroxylation sites is 1. The van der Waals surface area contributed by atoms with E-state index in [0.29, 0.717) is 21.9 Å². The average molecular weight is 481 g/mol. The number of aliphatic carboxylic acids is 1. The smallest absolute Gasteiger partial charge is 0.443 e. The molecule has 3 heterocycles. The second-order valence-corrected chi connectivity index (χ2v) is 9.94. The topological polar surface area (TPSA) is 84.7 Å². The molecule has 176 valence electrons. The fourth-order valence-corrected chi connectivity index (χ4v) is 4.76. The number of ether oxygens (including phenoxy) is 1. The third-order valence-corrected chi connectivity index (χ3v) is 6.34. The van der Waals surface area contributed by atoms with Crippen LogP contribution in [0.2, 0.25) is 0 Å². The molecule has 0 saturated heterocycles. The Balaban J connectivity index is 1.78. The van der Waals surface area contributed by atoms with Crippen molar-refractivity contribution >= 4 is 34.3 Å². The largest absolute Gasteiger partial charge is 0.480 e. The molecular weight excluding hydrogens is 459 g/mol. The minimum atomic E-state index is -4.52. The number of nitrogens with zero attached hydrogens (tertiary/aromatic N) is 3. The van der Waals surface area contributed by atoms with Crippen LogP contribution in [0.5, 0.6) is 0 Å². The van der Waals surface area contributed by atoms with E-state index in [1.54, 1.807) is 26.8 Å². The first kappa shape index (κ1) is 23.1. The first-order chi connectivity index (χ1) is 15.3. The van der Waals surface area contributed by atoms with Crippen molar-refractivity contribution in [2.24, 2.45) is 0 Å². The number of carboxylic acids is 1. The Morgan fingerprint density at radius 1 is 1.24 bits per heavy atom. The SMILES string of the molecule is CC(C)(C)OC(=O)N1Cc2c(c3ccccc3n2Cc2cnc(C(F)(F)F)s2)C[C@H]1C(=O)O. The van der Waals surface area contributed by atoms with Gasteiger partial charge >= 0.3 is 18.2 Å². The molecule has 0 unspecified atom stereocenters. The van der Waals surface area contributed by atoms with Crippen molar-refractivity contribution in [3.8, 4) is 0 Å². The van der Waals surface area contributed by atoms with E-state index in [1.807, 2.05) is 22.8 Å². The van der Waals surface area contributed by atoms with Crippen molar-refractivity contribution in [1.82, 2.24) is 14.5 Å². The molecule has 0 bridgehead atoms. The molecule has 1 aliphatic rings. The van der Waals surface area contributed by atoms with E-state index >= 15 is 0 Å². The highest BCUT2D eigenvalue weighted by Gasteiger charge is 2.40. The van der Waals surface area contributed by atoms with Gasteiger partial charge in [-0.25, -0.2) is 14.6 Å². The number of carboxylic acid groups (broad SMARTS) is 1. The first-order valence-electron chi connectivity index (χ1n) is 10.2. The van der Waals surface area contributed by atoms with E-state index < -0.39 is 34.9 Å². The van der Waals surface area contributed by atoms with Crippen LogP contribution in [0.25, 0.3) is 10.9 Å². The number of hydrogen-bond acceptors (Lipinski definition) is 5. The van der Waals surface area contributed by atoms with Crippen LogP contribution >= 0.6 is 11.3 Å². The molecule has 1 aromatic carbocycles. The van der Waals surface area contributed by atoms with E-state index in [-0.39, 0.29) is 19.5 Å². The van der Waals surface area contributed by atoms with E-state index in [2.05, 4.69) is 4.98 Å². The number of hydrogen-bond donors (Lipinski definition) is 1. The number of carbonyl (C=O) groups is 2. The maximum Gasteiger partial charge on any atom is 0.443 e. The fourth-order valence-electron chi connectivity index (χ4n) is 3.99. The Morgan fingerprint density at radius 3 is 2.55 bits per heavy atom. The van der Waals surface area contributed by atoms with Crippen LogP contribution in [-0.4, -0.2) is 43.3 Å². The lowest BCUT2D eigenvalue weighted by Gasteiger charge is -2.35. The Kier molecular flexibility index (Phi) is 5.63. The summed E-state index contributed by atoms with van der Waals surface area (Å²) in [6, 6.07) is 6.18. The summed E-state index contributed by atoms with van der Waals surface area (Å²) in [5.41, 5.74) is 1.36. The highest BCUT2D eigenvalue weighted by molar-refractivity contribution is 7.11. The maximum absolute atomic E-state index is 13.0. The van der Waals surface area contributed by atoms with Crippen LogP contribution in [0.15, 0.2) is 30.5 Å². The van der Waals surface area contributed by atoms with E-state index in [9.17, 15) is 27.9 Å². The van der Waals surface area contributed by atoms with Gasteiger partial charge in [0.1, 0.15) is 11.6 Å². The summed E-state index contributed by atoms with van der Waals surface area (Å²) in [6.07, 6.45) is -4.02. The van der Waals surface area contributed by atoms with Gasteiger partial charge in [-0.15, -0.1) is 11.3 Å². The predicted molar refractivity (Wildman–Crippen MR) is 115 cm³/mol. The summed E-state index contributed by atoms with van der Waals surface area (Å²) in [5, 5.41) is 9.69. The van der Waals surface area contributed by atoms with Gasteiger partial charge < -0.3 is 14.4 Å². The zero-order chi connectivity index (χ0) is 24.1. The molecule has 2 aromatic heterocycles. The average Bonchev–Trinajstić information content (AvgIpc) is 3.30. The number of halogens is 3. The molecule has 0 radical (unpaired) electrons. The van der Waals surface area contributed by atoms with Crippen LogP contribution in [0.3, 0.4) is 0 Å². The lowest BCUT2D eigenvalue weighted by atomic mass is 9.97. The number of amides is 1. The molecule has 1 N–H and O–H groups in total. The number of fused-ring (bicyclic) bond motifs is 3. The molecule has 0 saturated carbocycles. The van der Waals surface area contributed by atoms with E-state index in [0.717, 1.165) is 16.5 Å². The van der Waals surface area contributed by atoms with Crippen molar-refractivity contribution in [2.75, 3.05) is 0 Å². The summed E-state index contributed by atoms with van der Waals surface area (Å²) >= 11 is 0.561. The number of benzene rings is 1. The summed E-state index contributed by atoms with van der Waals surface area (Å²) in [6.45, 7) is 5.14. The lowest BCUT2D eigenvalue weighted by molar-refractivity contribution is -0.143. The Hall–Kier alpha value is -3.08. The van der Waals surface area contributed by atoms with Gasteiger partial charge in [-0.3, -0.25) is 4.90 Å². The zero-order valence-electron chi connectivity index (χ0n) is 18.1. The summed E-state index contributed by atoms with van der Waals surface area (Å²) in [7, 11) is 0. The second-order valence-electron chi connectivity index (χ2n) is 8.82. The van der Waals surface area contributed by atoms with E-state index in [1.165, 1.54) is 11.1 Å². The molecule has 3 aromatic rings. The van der Waals surface area contributed by atoms with E-state index in [4.69, 9.17) is 4.74 Å². The molecule has 0 aliphatic carbocycles. The minimum Gasteiger partial charge on any atom is -0.480 e. The summed E-state index contributed by atoms with van der Waals surface area (Å²) in [4.78, 5) is 29.9. The maximum atomic E-state index is 13.0. The molecular formula is C22H22F3N3O4S. The molecule has 11 heteroatoms. The van der Waals surface area contributed by atoms with Gasteiger partial charge in [0.05, 0.1) is 13.1 Å². The monoisotopic (exact) mass is 481 g/mol. The van der Waals surface area contributed by atoms with Crippen molar-refractivity contribution in [3.63, 3.8) is 0 Å². The molecule has 7 nitrogen and oxygen atoms in total. The van der Waals surface area contributed by atoms with Crippen LogP contribution in [0.4, 0.5) is 18.0 Å². The fraction of sp³-hybridized carbons (Fsp3) is 0.409.